The normalized spacial score (nSPS) is 28.4. The van der Waals surface area contributed by atoms with Crippen LogP contribution in [0.2, 0.25) is 0 Å². The minimum atomic E-state index is -1.16. The Morgan fingerprint density at radius 3 is 2.47 bits per heavy atom. The Morgan fingerprint density at radius 1 is 1.14 bits per heavy atom. The Morgan fingerprint density at radius 2 is 1.86 bits per heavy atom. The molecule has 0 unspecified atom stereocenters. The van der Waals surface area contributed by atoms with Crippen molar-refractivity contribution in [2.75, 3.05) is 60.5 Å². The van der Waals surface area contributed by atoms with Gasteiger partial charge in [0.25, 0.3) is 0 Å². The van der Waals surface area contributed by atoms with E-state index in [1.54, 1.807) is 12.0 Å². The quantitative estimate of drug-likeness (QED) is 0.618. The summed E-state index contributed by atoms with van der Waals surface area (Å²) in [6, 6.07) is 5.54. The van der Waals surface area contributed by atoms with Crippen LogP contribution in [0, 0.1) is 6.92 Å². The first-order valence-corrected chi connectivity index (χ1v) is 13.4. The summed E-state index contributed by atoms with van der Waals surface area (Å²) in [4.78, 5) is 34.8. The molecule has 2 fully saturated rings. The molecule has 3 amide bonds. The third-order valence-corrected chi connectivity index (χ3v) is 8.63. The number of aliphatic hydroxyl groups is 1. The molecule has 8 nitrogen and oxygen atoms in total. The van der Waals surface area contributed by atoms with Gasteiger partial charge in [0.15, 0.2) is 0 Å². The van der Waals surface area contributed by atoms with Gasteiger partial charge in [0.1, 0.15) is 5.75 Å². The van der Waals surface area contributed by atoms with Crippen LogP contribution in [0.1, 0.15) is 57.6 Å². The minimum absolute atomic E-state index is 0.0838. The standard InChI is InChI=1S/C28H46N4O4/c1-8-30-15-10-13-28(35)22(4)31(18-17-29(5)6)16-14-27(28,20-25(33)32(9-2)26(30)34)24-19-23(36-7)12-11-21(24)3/h11-12,19,22,35H,8-10,13-18,20H2,1-7H3/t22-,27-,28-/m1/s1. The van der Waals surface area contributed by atoms with Crippen molar-refractivity contribution in [3.05, 3.63) is 29.3 Å². The van der Waals surface area contributed by atoms with Crippen LogP contribution in [0.4, 0.5) is 4.79 Å². The topological polar surface area (TPSA) is 76.6 Å². The fraction of sp³-hybridized carbons (Fsp3) is 0.714. The van der Waals surface area contributed by atoms with Crippen LogP contribution in [0.5, 0.6) is 5.75 Å². The number of likely N-dealkylation sites (tertiary alicyclic amines) is 1. The van der Waals surface area contributed by atoms with Crippen LogP contribution >= 0.6 is 0 Å². The van der Waals surface area contributed by atoms with Gasteiger partial charge < -0.3 is 19.6 Å². The van der Waals surface area contributed by atoms with Crippen molar-refractivity contribution in [3.8, 4) is 5.75 Å². The average molecular weight is 503 g/mol. The molecule has 1 N–H and O–H groups in total. The van der Waals surface area contributed by atoms with Gasteiger partial charge in [0.2, 0.25) is 5.91 Å². The predicted octanol–water partition coefficient (Wildman–Crippen LogP) is 3.10. The third kappa shape index (κ3) is 5.13. The van der Waals surface area contributed by atoms with E-state index in [0.29, 0.717) is 44.6 Å². The molecule has 1 aromatic rings. The Labute approximate surface area is 217 Å². The number of amides is 3. The van der Waals surface area contributed by atoms with Gasteiger partial charge >= 0.3 is 6.03 Å². The second-order valence-corrected chi connectivity index (χ2v) is 10.7. The van der Waals surface area contributed by atoms with Crippen LogP contribution < -0.4 is 4.74 Å². The van der Waals surface area contributed by atoms with Crippen LogP contribution in [0.25, 0.3) is 0 Å². The molecular weight excluding hydrogens is 456 g/mol. The molecule has 3 rings (SSSR count). The summed E-state index contributed by atoms with van der Waals surface area (Å²) in [5, 5.41) is 12.8. The SMILES string of the molecule is CCN1CCC[C@@]2(O)[C@@H](C)N(CCN(C)C)CC[C@]2(c2cc(OC)ccc2C)CC(=O)N(CC)C1=O. The molecule has 0 saturated carbocycles. The number of carbonyl (C=O) groups is 2. The van der Waals surface area contributed by atoms with E-state index in [4.69, 9.17) is 4.74 Å². The molecule has 36 heavy (non-hydrogen) atoms. The highest BCUT2D eigenvalue weighted by atomic mass is 16.5. The molecule has 3 atom stereocenters. The van der Waals surface area contributed by atoms with Crippen LogP contribution in [-0.4, -0.2) is 109 Å². The Bertz CT molecular complexity index is 938. The van der Waals surface area contributed by atoms with Crippen molar-refractivity contribution >= 4 is 11.9 Å². The van der Waals surface area contributed by atoms with Crippen molar-refractivity contribution < 1.29 is 19.4 Å². The number of rotatable bonds is 7. The lowest BCUT2D eigenvalue weighted by Gasteiger charge is -2.59. The minimum Gasteiger partial charge on any atom is -0.497 e. The van der Waals surface area contributed by atoms with Crippen molar-refractivity contribution in [1.82, 2.24) is 19.6 Å². The summed E-state index contributed by atoms with van der Waals surface area (Å²) in [6.45, 7) is 11.8. The zero-order valence-corrected chi connectivity index (χ0v) is 23.3. The Balaban J connectivity index is 2.19. The second kappa shape index (κ2) is 11.5. The maximum Gasteiger partial charge on any atom is 0.326 e. The summed E-state index contributed by atoms with van der Waals surface area (Å²) in [5.74, 6) is 0.484. The van der Waals surface area contributed by atoms with Gasteiger partial charge in [-0.3, -0.25) is 14.6 Å². The highest BCUT2D eigenvalue weighted by molar-refractivity contribution is 5.95. The maximum absolute atomic E-state index is 13.9. The Kier molecular flexibility index (Phi) is 9.06. The van der Waals surface area contributed by atoms with Crippen LogP contribution in [-0.2, 0) is 10.2 Å². The lowest BCUT2D eigenvalue weighted by Crippen LogP contribution is -2.69. The maximum atomic E-state index is 13.9. The van der Waals surface area contributed by atoms with Gasteiger partial charge in [-0.05, 0) is 90.9 Å². The number of likely N-dealkylation sites (N-methyl/N-ethyl adjacent to an activating group) is 1. The molecule has 2 heterocycles. The van der Waals surface area contributed by atoms with Crippen molar-refractivity contribution in [2.45, 2.75) is 70.4 Å². The van der Waals surface area contributed by atoms with E-state index in [1.807, 2.05) is 39.0 Å². The van der Waals surface area contributed by atoms with Crippen molar-refractivity contribution in [1.29, 1.82) is 0 Å². The fourth-order valence-corrected chi connectivity index (χ4v) is 6.35. The molecule has 1 aromatic carbocycles. The number of nitrogens with zero attached hydrogens (tertiary/aromatic N) is 4. The number of benzene rings is 1. The highest BCUT2D eigenvalue weighted by Crippen LogP contribution is 2.52. The molecule has 0 aromatic heterocycles. The van der Waals surface area contributed by atoms with E-state index < -0.39 is 11.0 Å². The molecule has 202 valence electrons. The smallest absolute Gasteiger partial charge is 0.326 e. The van der Waals surface area contributed by atoms with E-state index in [1.165, 1.54) is 4.90 Å². The van der Waals surface area contributed by atoms with Gasteiger partial charge in [0.05, 0.1) is 12.7 Å². The number of hydrogen-bond donors (Lipinski definition) is 1. The number of methoxy groups -OCH3 is 1. The number of ether oxygens (including phenoxy) is 1. The van der Waals surface area contributed by atoms with Crippen LogP contribution in [0.15, 0.2) is 18.2 Å². The average Bonchev–Trinajstić information content (AvgIpc) is 2.84. The van der Waals surface area contributed by atoms with Gasteiger partial charge in [-0.15, -0.1) is 0 Å². The molecule has 2 aliphatic heterocycles. The number of imide groups is 1. The number of piperidine rings is 1. The zero-order chi connectivity index (χ0) is 26.7. The van der Waals surface area contributed by atoms with E-state index in [2.05, 4.69) is 30.8 Å². The van der Waals surface area contributed by atoms with Gasteiger partial charge in [-0.1, -0.05) is 6.07 Å². The molecule has 0 aliphatic carbocycles. The van der Waals surface area contributed by atoms with E-state index in [9.17, 15) is 14.7 Å². The first kappa shape index (κ1) is 28.4. The predicted molar refractivity (Wildman–Crippen MR) is 142 cm³/mol. The lowest BCUT2D eigenvalue weighted by atomic mass is 9.56. The molecule has 0 spiro atoms. The second-order valence-electron chi connectivity index (χ2n) is 10.7. The fourth-order valence-electron chi connectivity index (χ4n) is 6.35. The summed E-state index contributed by atoms with van der Waals surface area (Å²) in [7, 11) is 5.76. The van der Waals surface area contributed by atoms with E-state index in [0.717, 1.165) is 30.8 Å². The lowest BCUT2D eigenvalue weighted by molar-refractivity contribution is -0.157. The van der Waals surface area contributed by atoms with Gasteiger partial charge in [-0.2, -0.15) is 0 Å². The largest absolute Gasteiger partial charge is 0.497 e. The van der Waals surface area contributed by atoms with E-state index in [-0.39, 0.29) is 24.4 Å². The van der Waals surface area contributed by atoms with E-state index >= 15 is 0 Å². The molecular formula is C28H46N4O4. The first-order chi connectivity index (χ1) is 17.0. The van der Waals surface area contributed by atoms with Crippen molar-refractivity contribution in [3.63, 3.8) is 0 Å². The molecule has 0 bridgehead atoms. The number of carbonyl (C=O) groups excluding carboxylic acids is 2. The molecule has 2 saturated heterocycles. The molecule has 0 radical (unpaired) electrons. The number of fused-ring (bicyclic) bond motifs is 1. The monoisotopic (exact) mass is 502 g/mol. The molecule has 8 heteroatoms. The number of urea groups is 1. The van der Waals surface area contributed by atoms with Crippen molar-refractivity contribution in [2.24, 2.45) is 0 Å². The molecule has 2 aliphatic rings. The number of hydrogen-bond acceptors (Lipinski definition) is 6. The first-order valence-electron chi connectivity index (χ1n) is 13.4. The Hall–Kier alpha value is -2.16. The highest BCUT2D eigenvalue weighted by Gasteiger charge is 2.59. The summed E-state index contributed by atoms with van der Waals surface area (Å²) in [6.07, 6.45) is 1.88. The van der Waals surface area contributed by atoms with Crippen LogP contribution in [0.3, 0.4) is 0 Å². The number of aryl methyl sites for hydroxylation is 1. The summed E-state index contributed by atoms with van der Waals surface area (Å²) in [5.41, 5.74) is -0.0200. The third-order valence-electron chi connectivity index (χ3n) is 8.63. The summed E-state index contributed by atoms with van der Waals surface area (Å²) >= 11 is 0. The zero-order valence-electron chi connectivity index (χ0n) is 23.3. The van der Waals surface area contributed by atoms with Gasteiger partial charge in [0, 0.05) is 50.6 Å². The summed E-state index contributed by atoms with van der Waals surface area (Å²) < 4.78 is 5.58. The van der Waals surface area contributed by atoms with Gasteiger partial charge in [-0.25, -0.2) is 4.79 Å².